The van der Waals surface area contributed by atoms with Crippen LogP contribution in [-0.2, 0) is 21.1 Å². The maximum absolute atomic E-state index is 12.3. The van der Waals surface area contributed by atoms with E-state index in [0.29, 0.717) is 26.4 Å². The van der Waals surface area contributed by atoms with Crippen LogP contribution in [0.3, 0.4) is 0 Å². The third kappa shape index (κ3) is 5.17. The highest BCUT2D eigenvalue weighted by Gasteiger charge is 2.19. The van der Waals surface area contributed by atoms with Gasteiger partial charge in [-0.3, -0.25) is 4.79 Å². The molecule has 29 heavy (non-hydrogen) atoms. The van der Waals surface area contributed by atoms with Crippen molar-refractivity contribution in [2.45, 2.75) is 30.4 Å². The van der Waals surface area contributed by atoms with Crippen LogP contribution in [0, 0.1) is 0 Å². The second kappa shape index (κ2) is 8.83. The summed E-state index contributed by atoms with van der Waals surface area (Å²) in [4.78, 5) is 17.0. The summed E-state index contributed by atoms with van der Waals surface area (Å²) in [7, 11) is -3.33. The highest BCUT2D eigenvalue weighted by atomic mass is 35.5. The van der Waals surface area contributed by atoms with E-state index in [-0.39, 0.29) is 17.2 Å². The minimum absolute atomic E-state index is 0.110. The Labute approximate surface area is 183 Å². The summed E-state index contributed by atoms with van der Waals surface area (Å²) in [6.45, 7) is 3.27. The van der Waals surface area contributed by atoms with Crippen LogP contribution >= 0.6 is 34.5 Å². The molecule has 1 heterocycles. The molecule has 0 saturated heterocycles. The SMILES string of the molecule is CC(C)S(=O)(=O)c1ccc(CC(=O)Nc2nc(-c3ccc(Cl)cc3Cl)cs2)cc1. The number of carbonyl (C=O) groups excluding carboxylic acids is 1. The van der Waals surface area contributed by atoms with Crippen molar-refractivity contribution < 1.29 is 13.2 Å². The van der Waals surface area contributed by atoms with Crippen LogP contribution in [0.4, 0.5) is 5.13 Å². The molecule has 0 atom stereocenters. The zero-order chi connectivity index (χ0) is 21.2. The number of halogens is 2. The zero-order valence-corrected chi connectivity index (χ0v) is 18.8. The van der Waals surface area contributed by atoms with Gasteiger partial charge in [0.15, 0.2) is 15.0 Å². The van der Waals surface area contributed by atoms with Crippen molar-refractivity contribution in [1.82, 2.24) is 4.98 Å². The Bertz CT molecular complexity index is 1140. The average Bonchev–Trinajstić information content (AvgIpc) is 3.10. The second-order valence-corrected chi connectivity index (χ2v) is 10.8. The van der Waals surface area contributed by atoms with Crippen LogP contribution in [0.2, 0.25) is 10.0 Å². The van der Waals surface area contributed by atoms with Gasteiger partial charge in [-0.25, -0.2) is 13.4 Å². The maximum Gasteiger partial charge on any atom is 0.230 e. The first-order valence-electron chi connectivity index (χ1n) is 8.70. The molecule has 5 nitrogen and oxygen atoms in total. The van der Waals surface area contributed by atoms with E-state index in [1.807, 2.05) is 0 Å². The molecule has 152 valence electrons. The third-order valence-corrected chi connectivity index (χ3v) is 7.67. The lowest BCUT2D eigenvalue weighted by molar-refractivity contribution is -0.115. The molecule has 0 radical (unpaired) electrons. The standard InChI is InChI=1S/C20H18Cl2N2O3S2/c1-12(2)29(26,27)15-6-3-13(4-7-15)9-19(25)24-20-23-18(11-28-20)16-8-5-14(21)10-17(16)22/h3-8,10-12H,9H2,1-2H3,(H,23,24,25). The van der Waals surface area contributed by atoms with Crippen LogP contribution in [0.25, 0.3) is 11.3 Å². The summed E-state index contributed by atoms with van der Waals surface area (Å²) in [6.07, 6.45) is 0.110. The molecule has 3 rings (SSSR count). The lowest BCUT2D eigenvalue weighted by atomic mass is 10.1. The van der Waals surface area contributed by atoms with Crippen LogP contribution in [-0.4, -0.2) is 24.6 Å². The minimum Gasteiger partial charge on any atom is -0.302 e. The molecule has 1 N–H and O–H groups in total. The predicted molar refractivity (Wildman–Crippen MR) is 119 cm³/mol. The molecule has 0 bridgehead atoms. The number of hydrogen-bond acceptors (Lipinski definition) is 5. The van der Waals surface area contributed by atoms with E-state index in [1.165, 1.54) is 23.5 Å². The number of nitrogens with one attached hydrogen (secondary N) is 1. The van der Waals surface area contributed by atoms with Crippen molar-refractivity contribution in [2.75, 3.05) is 5.32 Å². The third-order valence-electron chi connectivity index (χ3n) is 4.19. The molecule has 3 aromatic rings. The number of rotatable bonds is 6. The first-order valence-corrected chi connectivity index (χ1v) is 11.9. The summed E-state index contributed by atoms with van der Waals surface area (Å²) < 4.78 is 24.3. The normalized spacial score (nSPS) is 11.6. The van der Waals surface area contributed by atoms with Gasteiger partial charge in [-0.05, 0) is 49.7 Å². The Balaban J connectivity index is 1.66. The van der Waals surface area contributed by atoms with Gasteiger partial charge in [0.2, 0.25) is 5.91 Å². The number of thiazole rings is 1. The van der Waals surface area contributed by atoms with E-state index in [1.54, 1.807) is 49.6 Å². The molecule has 1 amide bonds. The highest BCUT2D eigenvalue weighted by molar-refractivity contribution is 7.92. The van der Waals surface area contributed by atoms with E-state index in [4.69, 9.17) is 23.2 Å². The molecule has 0 unspecified atom stereocenters. The molecule has 0 spiro atoms. The van der Waals surface area contributed by atoms with E-state index in [2.05, 4.69) is 10.3 Å². The monoisotopic (exact) mass is 468 g/mol. The molecule has 9 heteroatoms. The van der Waals surface area contributed by atoms with E-state index >= 15 is 0 Å². The second-order valence-electron chi connectivity index (χ2n) is 6.62. The van der Waals surface area contributed by atoms with Crippen LogP contribution in [0.5, 0.6) is 0 Å². The maximum atomic E-state index is 12.3. The molecule has 0 aliphatic carbocycles. The molecule has 2 aromatic carbocycles. The molecule has 1 aromatic heterocycles. The van der Waals surface area contributed by atoms with Crippen LogP contribution in [0.15, 0.2) is 52.7 Å². The Morgan fingerprint density at radius 2 is 1.83 bits per heavy atom. The number of sulfone groups is 1. The molecule has 0 aliphatic heterocycles. The summed E-state index contributed by atoms with van der Waals surface area (Å²) in [5.41, 5.74) is 2.09. The van der Waals surface area contributed by atoms with E-state index in [9.17, 15) is 13.2 Å². The highest BCUT2D eigenvalue weighted by Crippen LogP contribution is 2.32. The van der Waals surface area contributed by atoms with Crippen molar-refractivity contribution in [3.8, 4) is 11.3 Å². The smallest absolute Gasteiger partial charge is 0.230 e. The van der Waals surface area contributed by atoms with Gasteiger partial charge in [0, 0.05) is 16.0 Å². The van der Waals surface area contributed by atoms with Gasteiger partial charge in [-0.15, -0.1) is 11.3 Å². The molecule has 0 fully saturated rings. The van der Waals surface area contributed by atoms with Gasteiger partial charge in [-0.2, -0.15) is 0 Å². The summed E-state index contributed by atoms with van der Waals surface area (Å²) in [5.74, 6) is -0.243. The lowest BCUT2D eigenvalue weighted by Gasteiger charge is -2.08. The quantitative estimate of drug-likeness (QED) is 0.519. The van der Waals surface area contributed by atoms with Gasteiger partial charge in [0.1, 0.15) is 0 Å². The number of hydrogen-bond donors (Lipinski definition) is 1. The van der Waals surface area contributed by atoms with Crippen LogP contribution < -0.4 is 5.32 Å². The number of aromatic nitrogens is 1. The Morgan fingerprint density at radius 1 is 1.14 bits per heavy atom. The Hall–Kier alpha value is -1.93. The van der Waals surface area contributed by atoms with Gasteiger partial charge in [0.05, 0.1) is 27.3 Å². The van der Waals surface area contributed by atoms with Gasteiger partial charge in [0.25, 0.3) is 0 Å². The molecule has 0 aliphatic rings. The minimum atomic E-state index is -3.33. The number of carbonyl (C=O) groups is 1. The topological polar surface area (TPSA) is 76.1 Å². The van der Waals surface area contributed by atoms with Gasteiger partial charge >= 0.3 is 0 Å². The number of amides is 1. The van der Waals surface area contributed by atoms with Gasteiger partial charge < -0.3 is 5.32 Å². The largest absolute Gasteiger partial charge is 0.302 e. The summed E-state index contributed by atoms with van der Waals surface area (Å²) in [5, 5.41) is 5.54. The van der Waals surface area contributed by atoms with Crippen LogP contribution in [0.1, 0.15) is 19.4 Å². The van der Waals surface area contributed by atoms with E-state index < -0.39 is 15.1 Å². The fourth-order valence-electron chi connectivity index (χ4n) is 2.57. The average molecular weight is 469 g/mol. The molecular formula is C20H18Cl2N2O3S2. The van der Waals surface area contributed by atoms with E-state index in [0.717, 1.165) is 5.56 Å². The van der Waals surface area contributed by atoms with Crippen molar-refractivity contribution in [1.29, 1.82) is 0 Å². The Morgan fingerprint density at radius 3 is 2.45 bits per heavy atom. The fraction of sp³-hybridized carbons (Fsp3) is 0.200. The first-order chi connectivity index (χ1) is 13.7. The van der Waals surface area contributed by atoms with Crippen molar-refractivity contribution >= 4 is 55.4 Å². The fourth-order valence-corrected chi connectivity index (χ4v) is 4.86. The summed E-state index contributed by atoms with van der Waals surface area (Å²) in [6, 6.07) is 11.5. The number of anilines is 1. The van der Waals surface area contributed by atoms with Crippen molar-refractivity contribution in [3.63, 3.8) is 0 Å². The molecular weight excluding hydrogens is 451 g/mol. The van der Waals surface area contributed by atoms with Gasteiger partial charge in [-0.1, -0.05) is 35.3 Å². The predicted octanol–water partition coefficient (Wildman–Crippen LogP) is 5.48. The van der Waals surface area contributed by atoms with Crippen molar-refractivity contribution in [3.05, 3.63) is 63.5 Å². The Kier molecular flexibility index (Phi) is 6.63. The first kappa shape index (κ1) is 21.8. The molecule has 0 saturated carbocycles. The number of nitrogens with zero attached hydrogens (tertiary/aromatic N) is 1. The number of benzene rings is 2. The lowest BCUT2D eigenvalue weighted by Crippen LogP contribution is -2.15. The van der Waals surface area contributed by atoms with Crippen molar-refractivity contribution in [2.24, 2.45) is 0 Å². The summed E-state index contributed by atoms with van der Waals surface area (Å²) >= 11 is 13.4. The zero-order valence-electron chi connectivity index (χ0n) is 15.6.